The SMILES string of the molecule is Cc1cccc(C)c1-c1cn2c3ccncc3c3ccccc3c2n1. The van der Waals surface area contributed by atoms with Gasteiger partial charge in [-0.1, -0.05) is 42.5 Å². The van der Waals surface area contributed by atoms with E-state index >= 15 is 0 Å². The number of hydrogen-bond acceptors (Lipinski definition) is 2. The number of nitrogens with zero attached hydrogens (tertiary/aromatic N) is 3. The van der Waals surface area contributed by atoms with Crippen molar-refractivity contribution in [2.75, 3.05) is 0 Å². The molecular formula is C22H17N3. The summed E-state index contributed by atoms with van der Waals surface area (Å²) in [4.78, 5) is 9.35. The largest absolute Gasteiger partial charge is 0.298 e. The average Bonchev–Trinajstić information content (AvgIpc) is 3.07. The fraction of sp³-hybridized carbons (Fsp3) is 0.0909. The first kappa shape index (κ1) is 14.2. The van der Waals surface area contributed by atoms with Crippen LogP contribution in [0.1, 0.15) is 11.1 Å². The molecule has 0 saturated heterocycles. The maximum atomic E-state index is 5.03. The molecule has 0 N–H and O–H groups in total. The Kier molecular flexibility index (Phi) is 2.92. The summed E-state index contributed by atoms with van der Waals surface area (Å²) in [7, 11) is 0. The molecule has 0 spiro atoms. The fourth-order valence-electron chi connectivity index (χ4n) is 3.81. The van der Waals surface area contributed by atoms with Crippen LogP contribution in [0.25, 0.3) is 38.6 Å². The minimum atomic E-state index is 0.993. The van der Waals surface area contributed by atoms with Gasteiger partial charge in [0, 0.05) is 34.9 Å². The quantitative estimate of drug-likeness (QED) is 0.391. The normalized spacial score (nSPS) is 11.6. The lowest BCUT2D eigenvalue weighted by atomic mass is 10.0. The summed E-state index contributed by atoms with van der Waals surface area (Å²) in [6.07, 6.45) is 5.93. The summed E-state index contributed by atoms with van der Waals surface area (Å²) in [6, 6.07) is 16.9. The monoisotopic (exact) mass is 323 g/mol. The smallest absolute Gasteiger partial charge is 0.145 e. The molecule has 0 bridgehead atoms. The van der Waals surface area contributed by atoms with E-state index in [0.29, 0.717) is 0 Å². The molecule has 25 heavy (non-hydrogen) atoms. The predicted molar refractivity (Wildman–Crippen MR) is 103 cm³/mol. The van der Waals surface area contributed by atoms with Crippen molar-refractivity contribution in [1.29, 1.82) is 0 Å². The van der Waals surface area contributed by atoms with Gasteiger partial charge in [-0.15, -0.1) is 0 Å². The van der Waals surface area contributed by atoms with E-state index in [0.717, 1.165) is 27.6 Å². The molecule has 0 aliphatic carbocycles. The van der Waals surface area contributed by atoms with Crippen molar-refractivity contribution in [3.63, 3.8) is 0 Å². The summed E-state index contributed by atoms with van der Waals surface area (Å²) in [5, 5.41) is 3.49. The first-order valence-electron chi connectivity index (χ1n) is 8.44. The Hall–Kier alpha value is -3.20. The van der Waals surface area contributed by atoms with Crippen molar-refractivity contribution in [1.82, 2.24) is 14.4 Å². The lowest BCUT2D eigenvalue weighted by molar-refractivity contribution is 1.25. The fourth-order valence-corrected chi connectivity index (χ4v) is 3.81. The highest BCUT2D eigenvalue weighted by Crippen LogP contribution is 2.32. The van der Waals surface area contributed by atoms with Gasteiger partial charge in [0.15, 0.2) is 0 Å². The number of rotatable bonds is 1. The van der Waals surface area contributed by atoms with Crippen LogP contribution in [0, 0.1) is 13.8 Å². The van der Waals surface area contributed by atoms with Crippen molar-refractivity contribution >= 4 is 27.3 Å². The summed E-state index contributed by atoms with van der Waals surface area (Å²) in [5.41, 5.74) is 6.86. The second-order valence-corrected chi connectivity index (χ2v) is 6.52. The third kappa shape index (κ3) is 1.99. The predicted octanol–water partition coefficient (Wildman–Crippen LogP) is 5.32. The van der Waals surface area contributed by atoms with Gasteiger partial charge in [-0.2, -0.15) is 0 Å². The van der Waals surface area contributed by atoms with E-state index in [2.05, 4.69) is 78.0 Å². The highest BCUT2D eigenvalue weighted by atomic mass is 15.0. The van der Waals surface area contributed by atoms with Crippen molar-refractivity contribution < 1.29 is 0 Å². The first-order chi connectivity index (χ1) is 12.2. The van der Waals surface area contributed by atoms with Gasteiger partial charge < -0.3 is 0 Å². The van der Waals surface area contributed by atoms with Crippen LogP contribution < -0.4 is 0 Å². The van der Waals surface area contributed by atoms with Crippen molar-refractivity contribution in [2.45, 2.75) is 13.8 Å². The van der Waals surface area contributed by atoms with Crippen LogP contribution in [0.4, 0.5) is 0 Å². The molecule has 0 unspecified atom stereocenters. The Labute approximate surface area is 145 Å². The van der Waals surface area contributed by atoms with Gasteiger partial charge in [-0.25, -0.2) is 4.98 Å². The molecule has 3 heterocycles. The topological polar surface area (TPSA) is 30.2 Å². The molecule has 0 amide bonds. The molecule has 0 aliphatic rings. The third-order valence-electron chi connectivity index (χ3n) is 4.96. The van der Waals surface area contributed by atoms with Crippen LogP contribution in [0.5, 0.6) is 0 Å². The van der Waals surface area contributed by atoms with E-state index in [4.69, 9.17) is 4.98 Å². The number of fused-ring (bicyclic) bond motifs is 6. The van der Waals surface area contributed by atoms with E-state index in [9.17, 15) is 0 Å². The van der Waals surface area contributed by atoms with Gasteiger partial charge in [-0.05, 0) is 36.4 Å². The lowest BCUT2D eigenvalue weighted by Gasteiger charge is -2.06. The van der Waals surface area contributed by atoms with E-state index in [1.54, 1.807) is 0 Å². The lowest BCUT2D eigenvalue weighted by Crippen LogP contribution is -1.90. The molecule has 0 saturated carbocycles. The van der Waals surface area contributed by atoms with Crippen LogP contribution in [0.3, 0.4) is 0 Å². The van der Waals surface area contributed by atoms with Gasteiger partial charge in [-0.3, -0.25) is 9.38 Å². The standard InChI is InChI=1S/C22H17N3/c1-14-6-5-7-15(2)21(14)19-13-25-20-10-11-23-12-18(20)16-8-3-4-9-17(16)22(25)24-19/h3-13H,1-2H3. The molecule has 0 atom stereocenters. The minimum Gasteiger partial charge on any atom is -0.298 e. The Balaban J connectivity index is 1.98. The Morgan fingerprint density at radius 2 is 1.56 bits per heavy atom. The molecule has 3 aromatic heterocycles. The van der Waals surface area contributed by atoms with E-state index in [1.165, 1.54) is 22.1 Å². The number of hydrogen-bond donors (Lipinski definition) is 0. The molecule has 0 radical (unpaired) electrons. The molecular weight excluding hydrogens is 306 g/mol. The molecule has 3 nitrogen and oxygen atoms in total. The van der Waals surface area contributed by atoms with E-state index < -0.39 is 0 Å². The summed E-state index contributed by atoms with van der Waals surface area (Å²) in [5.74, 6) is 0. The molecule has 3 heteroatoms. The zero-order valence-electron chi connectivity index (χ0n) is 14.2. The number of benzene rings is 2. The van der Waals surface area contributed by atoms with E-state index in [-0.39, 0.29) is 0 Å². The van der Waals surface area contributed by atoms with Crippen molar-refractivity contribution in [2.24, 2.45) is 0 Å². The number of pyridine rings is 2. The van der Waals surface area contributed by atoms with Crippen LogP contribution in [0.15, 0.2) is 67.1 Å². The highest BCUT2D eigenvalue weighted by Gasteiger charge is 2.14. The first-order valence-corrected chi connectivity index (χ1v) is 8.44. The van der Waals surface area contributed by atoms with Gasteiger partial charge >= 0.3 is 0 Å². The van der Waals surface area contributed by atoms with Gasteiger partial charge in [0.1, 0.15) is 5.65 Å². The van der Waals surface area contributed by atoms with Gasteiger partial charge in [0.05, 0.1) is 11.2 Å². The summed E-state index contributed by atoms with van der Waals surface area (Å²) < 4.78 is 2.19. The van der Waals surface area contributed by atoms with Gasteiger partial charge in [0.25, 0.3) is 0 Å². The molecule has 2 aromatic carbocycles. The van der Waals surface area contributed by atoms with E-state index in [1.807, 2.05) is 12.4 Å². The third-order valence-corrected chi connectivity index (χ3v) is 4.96. The Morgan fingerprint density at radius 1 is 0.800 bits per heavy atom. The molecule has 0 fully saturated rings. The maximum absolute atomic E-state index is 5.03. The van der Waals surface area contributed by atoms with Crippen molar-refractivity contribution in [3.8, 4) is 11.3 Å². The number of aromatic nitrogens is 3. The Morgan fingerprint density at radius 3 is 2.36 bits per heavy atom. The maximum Gasteiger partial charge on any atom is 0.145 e. The zero-order valence-corrected chi connectivity index (χ0v) is 14.2. The van der Waals surface area contributed by atoms with Crippen molar-refractivity contribution in [3.05, 3.63) is 78.2 Å². The molecule has 5 aromatic rings. The molecule has 5 rings (SSSR count). The van der Waals surface area contributed by atoms with Crippen LogP contribution >= 0.6 is 0 Å². The highest BCUT2D eigenvalue weighted by molar-refractivity contribution is 6.11. The Bertz CT molecular complexity index is 1170. The van der Waals surface area contributed by atoms with Gasteiger partial charge in [0.2, 0.25) is 0 Å². The second-order valence-electron chi connectivity index (χ2n) is 6.52. The minimum absolute atomic E-state index is 0.993. The zero-order chi connectivity index (χ0) is 17.0. The van der Waals surface area contributed by atoms with Crippen LogP contribution in [-0.4, -0.2) is 14.4 Å². The second kappa shape index (κ2) is 5.15. The summed E-state index contributed by atoms with van der Waals surface area (Å²) in [6.45, 7) is 4.29. The summed E-state index contributed by atoms with van der Waals surface area (Å²) >= 11 is 0. The van der Waals surface area contributed by atoms with Crippen LogP contribution in [-0.2, 0) is 0 Å². The number of aryl methyl sites for hydroxylation is 2. The average molecular weight is 323 g/mol. The van der Waals surface area contributed by atoms with Crippen LogP contribution in [0.2, 0.25) is 0 Å². The number of imidazole rings is 1. The molecule has 120 valence electrons. The molecule has 0 aliphatic heterocycles.